The number of hydrogen-bond donors (Lipinski definition) is 3. The van der Waals surface area contributed by atoms with Crippen LogP contribution in [-0.4, -0.2) is 24.1 Å². The Morgan fingerprint density at radius 2 is 1.95 bits per heavy atom. The number of carbonyl (C=O) groups excluding carboxylic acids is 2. The number of primary amides is 1. The van der Waals surface area contributed by atoms with Crippen LogP contribution in [0.3, 0.4) is 0 Å². The van der Waals surface area contributed by atoms with Crippen molar-refractivity contribution >= 4 is 11.9 Å². The van der Waals surface area contributed by atoms with Crippen LogP contribution < -0.4 is 21.1 Å². The summed E-state index contributed by atoms with van der Waals surface area (Å²) in [5.74, 6) is 0.0892. The van der Waals surface area contributed by atoms with Gasteiger partial charge in [0.25, 0.3) is 5.91 Å². The summed E-state index contributed by atoms with van der Waals surface area (Å²) in [5, 5.41) is 5.32. The molecule has 0 saturated heterocycles. The Balaban J connectivity index is 2.85. The lowest BCUT2D eigenvalue weighted by atomic mass is 10.1. The molecular formula is C15H23N3O3. The van der Waals surface area contributed by atoms with Crippen LogP contribution in [0.4, 0.5) is 4.79 Å². The molecule has 21 heavy (non-hydrogen) atoms. The number of hydrogen-bond acceptors (Lipinski definition) is 4. The molecule has 0 aliphatic rings. The summed E-state index contributed by atoms with van der Waals surface area (Å²) < 4.78 is 5.71. The van der Waals surface area contributed by atoms with Gasteiger partial charge in [-0.05, 0) is 19.4 Å². The molecule has 0 aromatic heterocycles. The molecular weight excluding hydrogens is 270 g/mol. The third-order valence-corrected chi connectivity index (χ3v) is 2.90. The van der Waals surface area contributed by atoms with E-state index in [0.717, 1.165) is 11.1 Å². The number of aryl methyl sites for hydroxylation is 1. The molecule has 0 aliphatic carbocycles. The van der Waals surface area contributed by atoms with Crippen molar-refractivity contribution in [2.45, 2.75) is 46.4 Å². The maximum Gasteiger partial charge on any atom is 0.318 e. The van der Waals surface area contributed by atoms with E-state index in [9.17, 15) is 9.59 Å². The van der Waals surface area contributed by atoms with Gasteiger partial charge in [0.05, 0.1) is 0 Å². The largest absolute Gasteiger partial charge is 0.480 e. The van der Waals surface area contributed by atoms with Gasteiger partial charge < -0.3 is 15.8 Å². The van der Waals surface area contributed by atoms with Crippen molar-refractivity contribution in [1.82, 2.24) is 10.6 Å². The van der Waals surface area contributed by atoms with E-state index < -0.39 is 18.0 Å². The summed E-state index contributed by atoms with van der Waals surface area (Å²) in [4.78, 5) is 22.4. The highest BCUT2D eigenvalue weighted by Gasteiger charge is 2.18. The van der Waals surface area contributed by atoms with Crippen molar-refractivity contribution in [3.05, 3.63) is 29.3 Å². The van der Waals surface area contributed by atoms with Gasteiger partial charge in [-0.1, -0.05) is 32.0 Å². The third-order valence-electron chi connectivity index (χ3n) is 2.90. The number of carbonyl (C=O) groups is 2. The second-order valence-corrected chi connectivity index (χ2v) is 5.21. The fraction of sp³-hybridized carbons (Fsp3) is 0.467. The average Bonchev–Trinajstić information content (AvgIpc) is 2.38. The second-order valence-electron chi connectivity index (χ2n) is 5.21. The minimum Gasteiger partial charge on any atom is -0.480 e. The molecule has 1 aromatic rings. The van der Waals surface area contributed by atoms with Crippen LogP contribution in [0.1, 0.15) is 31.9 Å². The van der Waals surface area contributed by atoms with E-state index in [4.69, 9.17) is 10.5 Å². The van der Waals surface area contributed by atoms with Gasteiger partial charge in [-0.3, -0.25) is 10.1 Å². The summed E-state index contributed by atoms with van der Waals surface area (Å²) in [7, 11) is 0. The molecule has 0 spiro atoms. The first-order valence-electron chi connectivity index (χ1n) is 6.90. The molecule has 0 saturated carbocycles. The summed E-state index contributed by atoms with van der Waals surface area (Å²) in [6.07, 6.45) is -0.809. The molecule has 116 valence electrons. The monoisotopic (exact) mass is 293 g/mol. The number of benzene rings is 1. The fourth-order valence-corrected chi connectivity index (χ4v) is 1.79. The van der Waals surface area contributed by atoms with Crippen molar-refractivity contribution in [2.24, 2.45) is 5.73 Å². The van der Waals surface area contributed by atoms with E-state index in [-0.39, 0.29) is 0 Å². The molecule has 1 rings (SSSR count). The van der Waals surface area contributed by atoms with Gasteiger partial charge in [0, 0.05) is 18.2 Å². The van der Waals surface area contributed by atoms with E-state index in [1.54, 1.807) is 6.92 Å². The van der Waals surface area contributed by atoms with Gasteiger partial charge in [0.2, 0.25) is 0 Å². The molecule has 6 heteroatoms. The normalized spacial score (nSPS) is 12.0. The second kappa shape index (κ2) is 7.64. The number of nitrogens with two attached hydrogens (primary N) is 1. The summed E-state index contributed by atoms with van der Waals surface area (Å²) in [5.41, 5.74) is 6.82. The molecule has 6 nitrogen and oxygen atoms in total. The summed E-state index contributed by atoms with van der Waals surface area (Å²) in [6, 6.07) is 5.24. The maximum absolute atomic E-state index is 11.7. The highest BCUT2D eigenvalue weighted by Crippen LogP contribution is 2.24. The third kappa shape index (κ3) is 5.43. The van der Waals surface area contributed by atoms with Crippen LogP contribution >= 0.6 is 0 Å². The molecule has 0 heterocycles. The number of amides is 3. The van der Waals surface area contributed by atoms with Crippen LogP contribution in [0.15, 0.2) is 18.2 Å². The number of para-hydroxylation sites is 1. The van der Waals surface area contributed by atoms with Crippen molar-refractivity contribution in [1.29, 1.82) is 0 Å². The van der Waals surface area contributed by atoms with Crippen LogP contribution in [0, 0.1) is 6.92 Å². The minimum atomic E-state index is -0.887. The fourth-order valence-electron chi connectivity index (χ4n) is 1.79. The molecule has 1 aromatic carbocycles. The van der Waals surface area contributed by atoms with Gasteiger partial charge in [0.1, 0.15) is 5.75 Å². The van der Waals surface area contributed by atoms with Crippen molar-refractivity contribution in [3.8, 4) is 5.75 Å². The zero-order valence-corrected chi connectivity index (χ0v) is 12.9. The average molecular weight is 293 g/mol. The number of nitrogens with one attached hydrogen (secondary N) is 2. The predicted molar refractivity (Wildman–Crippen MR) is 81.0 cm³/mol. The number of rotatable bonds is 6. The first-order chi connectivity index (χ1) is 9.81. The smallest absolute Gasteiger partial charge is 0.318 e. The van der Waals surface area contributed by atoms with Gasteiger partial charge >= 0.3 is 6.03 Å². The zero-order valence-electron chi connectivity index (χ0n) is 12.9. The Labute approximate surface area is 125 Å². The van der Waals surface area contributed by atoms with E-state index in [1.807, 2.05) is 30.4 Å². The molecule has 0 aliphatic heterocycles. The Kier molecular flexibility index (Phi) is 6.17. The van der Waals surface area contributed by atoms with Crippen LogP contribution in [0.5, 0.6) is 5.75 Å². The lowest BCUT2D eigenvalue weighted by Gasteiger charge is -2.19. The Morgan fingerprint density at radius 1 is 1.29 bits per heavy atom. The van der Waals surface area contributed by atoms with E-state index in [1.165, 1.54) is 0 Å². The standard InChI is InChI=1S/C15H23N3O3/c1-9(2)17-8-12-7-5-6-10(3)13(12)21-11(4)14(19)18-15(16)20/h5-7,9,11,17H,8H2,1-4H3,(H3,16,18,19,20). The minimum absolute atomic E-state index is 0.342. The molecule has 1 unspecified atom stereocenters. The van der Waals surface area contributed by atoms with E-state index in [2.05, 4.69) is 19.2 Å². The lowest BCUT2D eigenvalue weighted by Crippen LogP contribution is -2.42. The Morgan fingerprint density at radius 3 is 2.52 bits per heavy atom. The highest BCUT2D eigenvalue weighted by molar-refractivity contribution is 5.95. The number of urea groups is 1. The van der Waals surface area contributed by atoms with E-state index in [0.29, 0.717) is 18.3 Å². The lowest BCUT2D eigenvalue weighted by molar-refractivity contribution is -0.126. The number of ether oxygens (including phenoxy) is 1. The molecule has 0 radical (unpaired) electrons. The predicted octanol–water partition coefficient (Wildman–Crippen LogP) is 1.46. The topological polar surface area (TPSA) is 93.4 Å². The quantitative estimate of drug-likeness (QED) is 0.740. The first kappa shape index (κ1) is 17.0. The SMILES string of the molecule is Cc1cccc(CNC(C)C)c1OC(C)C(=O)NC(N)=O. The van der Waals surface area contributed by atoms with Crippen molar-refractivity contribution < 1.29 is 14.3 Å². The Hall–Kier alpha value is -2.08. The van der Waals surface area contributed by atoms with Crippen molar-refractivity contribution in [2.75, 3.05) is 0 Å². The van der Waals surface area contributed by atoms with E-state index >= 15 is 0 Å². The molecule has 4 N–H and O–H groups in total. The molecule has 1 atom stereocenters. The zero-order chi connectivity index (χ0) is 16.0. The summed E-state index contributed by atoms with van der Waals surface area (Å²) in [6.45, 7) is 8.23. The molecule has 0 fully saturated rings. The summed E-state index contributed by atoms with van der Waals surface area (Å²) >= 11 is 0. The highest BCUT2D eigenvalue weighted by atomic mass is 16.5. The van der Waals surface area contributed by atoms with Crippen LogP contribution in [-0.2, 0) is 11.3 Å². The maximum atomic E-state index is 11.7. The molecule has 0 bridgehead atoms. The molecule has 3 amide bonds. The van der Waals surface area contributed by atoms with Gasteiger partial charge in [0.15, 0.2) is 6.10 Å². The van der Waals surface area contributed by atoms with Crippen LogP contribution in [0.2, 0.25) is 0 Å². The van der Waals surface area contributed by atoms with Gasteiger partial charge in [-0.2, -0.15) is 0 Å². The number of imide groups is 1. The van der Waals surface area contributed by atoms with Gasteiger partial charge in [-0.15, -0.1) is 0 Å². The first-order valence-corrected chi connectivity index (χ1v) is 6.90. The van der Waals surface area contributed by atoms with Crippen LogP contribution in [0.25, 0.3) is 0 Å². The van der Waals surface area contributed by atoms with Crippen molar-refractivity contribution in [3.63, 3.8) is 0 Å². The Bertz CT molecular complexity index is 515. The van der Waals surface area contributed by atoms with Gasteiger partial charge in [-0.25, -0.2) is 4.79 Å².